The van der Waals surface area contributed by atoms with E-state index in [0.29, 0.717) is 0 Å². The molecule has 10 aromatic rings. The number of hydrogen-bond donors (Lipinski definition) is 0. The molecule has 0 bridgehead atoms. The number of benzene rings is 8. The van der Waals surface area contributed by atoms with E-state index >= 15 is 0 Å². The molecule has 8 aromatic carbocycles. The SMILES string of the molecule is Bc1c(-c2ccc3c(c2)c2ccccc2n3-c2ccccc2-c2ccccc2)c(B)c2c3cccc(-c4ccccc4)c3n(-c3ccccc3)c2c1B. The average Bonchev–Trinajstić information content (AvgIpc) is 3.75. The van der Waals surface area contributed by atoms with Crippen LogP contribution in [0, 0.1) is 0 Å². The zero-order chi connectivity index (χ0) is 35.6. The van der Waals surface area contributed by atoms with Gasteiger partial charge in [0.15, 0.2) is 0 Å². The van der Waals surface area contributed by atoms with Gasteiger partial charge in [0, 0.05) is 43.9 Å². The Labute approximate surface area is 312 Å². The van der Waals surface area contributed by atoms with E-state index in [0.717, 1.165) is 0 Å². The Bertz CT molecular complexity index is 3020. The molecule has 0 atom stereocenters. The summed E-state index contributed by atoms with van der Waals surface area (Å²) in [7, 11) is 6.95. The van der Waals surface area contributed by atoms with Crippen molar-refractivity contribution in [1.82, 2.24) is 9.13 Å². The van der Waals surface area contributed by atoms with Crippen LogP contribution < -0.4 is 16.4 Å². The average molecular weight is 672 g/mol. The van der Waals surface area contributed by atoms with E-state index in [-0.39, 0.29) is 0 Å². The summed E-state index contributed by atoms with van der Waals surface area (Å²) in [6.45, 7) is 0. The lowest BCUT2D eigenvalue weighted by Crippen LogP contribution is -2.35. The second-order valence-electron chi connectivity index (χ2n) is 14.2. The lowest BCUT2D eigenvalue weighted by molar-refractivity contribution is 1.18. The number of para-hydroxylation sites is 4. The summed E-state index contributed by atoms with van der Waals surface area (Å²) in [6.07, 6.45) is 0. The largest absolute Gasteiger partial charge is 0.309 e. The maximum Gasteiger partial charge on any atom is 0.141 e. The fourth-order valence-electron chi connectivity index (χ4n) is 8.88. The number of nitrogens with zero attached hydrogens (tertiary/aromatic N) is 2. The molecule has 0 aliphatic carbocycles. The van der Waals surface area contributed by atoms with E-state index < -0.39 is 0 Å². The summed E-state index contributed by atoms with van der Waals surface area (Å²) in [4.78, 5) is 0. The summed E-state index contributed by atoms with van der Waals surface area (Å²) in [5.74, 6) is 0. The molecule has 0 N–H and O–H groups in total. The standard InChI is InChI=1S/C48H35B3N2/c49-44-42(32-27-28-41-38(29-32)36-22-11-13-26-40(36)53(41)39-25-12-10-21-34(39)30-15-4-1-5-16-30)45(50)46(51)48-43(44)37-24-14-23-35(31-17-6-2-7-18-31)47(37)52(48)33-19-8-3-9-20-33/h1-29H,49-51H2. The van der Waals surface area contributed by atoms with Gasteiger partial charge in [0.25, 0.3) is 0 Å². The third-order valence-electron chi connectivity index (χ3n) is 11.3. The Morgan fingerprint density at radius 3 is 1.70 bits per heavy atom. The van der Waals surface area contributed by atoms with Gasteiger partial charge in [-0.25, -0.2) is 0 Å². The van der Waals surface area contributed by atoms with E-state index in [1.807, 2.05) is 0 Å². The molecule has 10 rings (SSSR count). The Morgan fingerprint density at radius 1 is 0.358 bits per heavy atom. The Kier molecular flexibility index (Phi) is 7.30. The van der Waals surface area contributed by atoms with E-state index in [9.17, 15) is 0 Å². The van der Waals surface area contributed by atoms with Crippen LogP contribution in [0.25, 0.3) is 88.4 Å². The van der Waals surface area contributed by atoms with Crippen LogP contribution in [-0.2, 0) is 0 Å². The second kappa shape index (κ2) is 12.4. The molecule has 53 heavy (non-hydrogen) atoms. The fourth-order valence-corrected chi connectivity index (χ4v) is 8.88. The normalized spacial score (nSPS) is 11.6. The lowest BCUT2D eigenvalue weighted by Gasteiger charge is -2.19. The molecule has 2 aromatic heterocycles. The van der Waals surface area contributed by atoms with Crippen LogP contribution in [0.3, 0.4) is 0 Å². The van der Waals surface area contributed by atoms with Crippen molar-refractivity contribution in [3.05, 3.63) is 176 Å². The molecule has 0 aliphatic rings. The number of fused-ring (bicyclic) bond motifs is 6. The van der Waals surface area contributed by atoms with Crippen LogP contribution in [0.15, 0.2) is 176 Å². The first kappa shape index (κ1) is 31.3. The van der Waals surface area contributed by atoms with Crippen LogP contribution in [0.1, 0.15) is 0 Å². The van der Waals surface area contributed by atoms with Crippen LogP contribution in [0.4, 0.5) is 0 Å². The lowest BCUT2D eigenvalue weighted by atomic mass is 9.69. The van der Waals surface area contributed by atoms with Gasteiger partial charge in [-0.3, -0.25) is 0 Å². The Balaban J connectivity index is 1.26. The molecular weight excluding hydrogens is 637 g/mol. The molecule has 0 fully saturated rings. The van der Waals surface area contributed by atoms with Crippen molar-refractivity contribution in [3.8, 4) is 44.8 Å². The number of rotatable bonds is 5. The smallest absolute Gasteiger partial charge is 0.141 e. The van der Waals surface area contributed by atoms with Crippen LogP contribution in [0.5, 0.6) is 0 Å². The van der Waals surface area contributed by atoms with Crippen LogP contribution in [-0.4, -0.2) is 32.7 Å². The third-order valence-corrected chi connectivity index (χ3v) is 11.3. The van der Waals surface area contributed by atoms with Crippen LogP contribution in [0.2, 0.25) is 0 Å². The molecular formula is C48H35B3N2. The molecule has 0 saturated carbocycles. The molecule has 0 radical (unpaired) electrons. The summed E-state index contributed by atoms with van der Waals surface area (Å²) < 4.78 is 4.96. The van der Waals surface area contributed by atoms with Gasteiger partial charge in [0.2, 0.25) is 0 Å². The van der Waals surface area contributed by atoms with Gasteiger partial charge >= 0.3 is 0 Å². The van der Waals surface area contributed by atoms with Gasteiger partial charge in [-0.1, -0.05) is 156 Å². The fraction of sp³-hybridized carbons (Fsp3) is 0. The van der Waals surface area contributed by atoms with Gasteiger partial charge in [-0.2, -0.15) is 0 Å². The molecule has 246 valence electrons. The minimum absolute atomic E-state index is 1.18. The van der Waals surface area contributed by atoms with Crippen molar-refractivity contribution < 1.29 is 0 Å². The van der Waals surface area contributed by atoms with Crippen LogP contribution >= 0.6 is 0 Å². The van der Waals surface area contributed by atoms with E-state index in [4.69, 9.17) is 0 Å². The van der Waals surface area contributed by atoms with E-state index in [1.165, 1.54) is 105 Å². The summed E-state index contributed by atoms with van der Waals surface area (Å²) in [5, 5.41) is 5.12. The van der Waals surface area contributed by atoms with E-state index in [2.05, 4.69) is 209 Å². The molecule has 2 heterocycles. The van der Waals surface area contributed by atoms with Gasteiger partial charge in [-0.05, 0) is 58.7 Å². The summed E-state index contributed by atoms with van der Waals surface area (Å²) in [5.41, 5.74) is 18.7. The van der Waals surface area contributed by atoms with Crippen molar-refractivity contribution in [2.24, 2.45) is 0 Å². The third kappa shape index (κ3) is 4.77. The van der Waals surface area contributed by atoms with Crippen molar-refractivity contribution in [3.63, 3.8) is 0 Å². The molecule has 5 heteroatoms. The number of hydrogen-bond acceptors (Lipinski definition) is 0. The predicted molar refractivity (Wildman–Crippen MR) is 236 cm³/mol. The first-order valence-electron chi connectivity index (χ1n) is 18.5. The summed E-state index contributed by atoms with van der Waals surface area (Å²) >= 11 is 0. The number of aromatic nitrogens is 2. The topological polar surface area (TPSA) is 9.86 Å². The highest BCUT2D eigenvalue weighted by molar-refractivity contribution is 6.60. The van der Waals surface area contributed by atoms with Gasteiger partial charge in [-0.15, -0.1) is 0 Å². The second-order valence-corrected chi connectivity index (χ2v) is 14.2. The minimum atomic E-state index is 1.18. The monoisotopic (exact) mass is 672 g/mol. The highest BCUT2D eigenvalue weighted by Crippen LogP contribution is 2.40. The Morgan fingerprint density at radius 2 is 0.943 bits per heavy atom. The highest BCUT2D eigenvalue weighted by Gasteiger charge is 2.24. The van der Waals surface area contributed by atoms with Crippen molar-refractivity contribution in [2.75, 3.05) is 0 Å². The van der Waals surface area contributed by atoms with Crippen molar-refractivity contribution in [2.45, 2.75) is 0 Å². The summed E-state index contributed by atoms with van der Waals surface area (Å²) in [6, 6.07) is 63.9. The van der Waals surface area contributed by atoms with Crippen molar-refractivity contribution in [1.29, 1.82) is 0 Å². The maximum atomic E-state index is 2.51. The van der Waals surface area contributed by atoms with E-state index in [1.54, 1.807) is 0 Å². The molecule has 0 unspecified atom stereocenters. The maximum absolute atomic E-state index is 2.51. The quantitative estimate of drug-likeness (QED) is 0.166. The first-order valence-corrected chi connectivity index (χ1v) is 18.5. The molecule has 0 aliphatic heterocycles. The molecule has 0 spiro atoms. The molecule has 0 amide bonds. The highest BCUT2D eigenvalue weighted by atomic mass is 15.0. The molecule has 2 nitrogen and oxygen atoms in total. The zero-order valence-corrected chi connectivity index (χ0v) is 30.1. The zero-order valence-electron chi connectivity index (χ0n) is 30.1. The first-order chi connectivity index (χ1) is 26.1. The van der Waals surface area contributed by atoms with Crippen molar-refractivity contribution >= 4 is 83.5 Å². The minimum Gasteiger partial charge on any atom is -0.309 e. The Hall–Kier alpha value is -6.45. The molecule has 0 saturated heterocycles. The van der Waals surface area contributed by atoms with Gasteiger partial charge in [0.05, 0.1) is 22.2 Å². The van der Waals surface area contributed by atoms with Gasteiger partial charge < -0.3 is 9.13 Å². The predicted octanol–water partition coefficient (Wildman–Crippen LogP) is 7.66. The van der Waals surface area contributed by atoms with Gasteiger partial charge in [0.1, 0.15) is 23.5 Å².